The summed E-state index contributed by atoms with van der Waals surface area (Å²) < 4.78 is 5.41. The minimum absolute atomic E-state index is 0.143. The van der Waals surface area contributed by atoms with Crippen molar-refractivity contribution in [1.82, 2.24) is 0 Å². The monoisotopic (exact) mass is 220 g/mol. The number of hydrogen-bond acceptors (Lipinski definition) is 2. The molecule has 0 unspecified atom stereocenters. The third-order valence-corrected chi connectivity index (χ3v) is 2.69. The normalized spacial score (nSPS) is 12.7. The number of esters is 1. The quantitative estimate of drug-likeness (QED) is 0.525. The Labute approximate surface area is 92.0 Å². The first-order chi connectivity index (χ1) is 6.25. The van der Waals surface area contributed by atoms with Crippen molar-refractivity contribution in [1.29, 1.82) is 0 Å². The van der Waals surface area contributed by atoms with E-state index in [0.717, 1.165) is 6.42 Å². The highest BCUT2D eigenvalue weighted by molar-refractivity contribution is 6.17. The maximum atomic E-state index is 11.7. The van der Waals surface area contributed by atoms with Crippen molar-refractivity contribution in [3.63, 3.8) is 0 Å². The highest BCUT2D eigenvalue weighted by Gasteiger charge is 2.32. The first kappa shape index (κ1) is 13.8. The molecule has 0 amide bonds. The lowest BCUT2D eigenvalue weighted by Crippen LogP contribution is -2.35. The summed E-state index contributed by atoms with van der Waals surface area (Å²) >= 11 is 5.63. The molecule has 0 bridgehead atoms. The second-order valence-electron chi connectivity index (χ2n) is 4.83. The fourth-order valence-corrected chi connectivity index (χ4v) is 1.27. The maximum Gasteiger partial charge on any atom is 0.312 e. The van der Waals surface area contributed by atoms with Crippen LogP contribution in [0.3, 0.4) is 0 Å². The third kappa shape index (κ3) is 4.32. The SMILES string of the molecule is CCC(C)(C)C(=O)OC(C)(C)CCCl. The van der Waals surface area contributed by atoms with Gasteiger partial charge in [-0.15, -0.1) is 11.6 Å². The van der Waals surface area contributed by atoms with Crippen LogP contribution in [0.1, 0.15) is 47.5 Å². The molecule has 0 aromatic rings. The van der Waals surface area contributed by atoms with Gasteiger partial charge in [-0.2, -0.15) is 0 Å². The van der Waals surface area contributed by atoms with E-state index < -0.39 is 11.0 Å². The average Bonchev–Trinajstić information content (AvgIpc) is 2.03. The van der Waals surface area contributed by atoms with E-state index in [9.17, 15) is 4.79 Å². The van der Waals surface area contributed by atoms with Crippen molar-refractivity contribution in [2.45, 2.75) is 53.1 Å². The topological polar surface area (TPSA) is 26.3 Å². The van der Waals surface area contributed by atoms with Crippen LogP contribution in [-0.4, -0.2) is 17.5 Å². The molecule has 84 valence electrons. The Balaban J connectivity index is 4.31. The number of hydrogen-bond donors (Lipinski definition) is 0. The van der Waals surface area contributed by atoms with Gasteiger partial charge in [0.05, 0.1) is 5.41 Å². The number of ether oxygens (including phenoxy) is 1. The summed E-state index contributed by atoms with van der Waals surface area (Å²) in [6.07, 6.45) is 1.46. The number of rotatable bonds is 5. The van der Waals surface area contributed by atoms with E-state index in [2.05, 4.69) is 0 Å². The highest BCUT2D eigenvalue weighted by atomic mass is 35.5. The Bertz CT molecular complexity index is 197. The average molecular weight is 221 g/mol. The van der Waals surface area contributed by atoms with Gasteiger partial charge < -0.3 is 4.74 Å². The summed E-state index contributed by atoms with van der Waals surface area (Å²) in [5, 5.41) is 0. The van der Waals surface area contributed by atoms with Crippen LogP contribution in [0.15, 0.2) is 0 Å². The van der Waals surface area contributed by atoms with Crippen molar-refractivity contribution in [2.75, 3.05) is 5.88 Å². The van der Waals surface area contributed by atoms with E-state index in [1.54, 1.807) is 0 Å². The van der Waals surface area contributed by atoms with Crippen LogP contribution in [-0.2, 0) is 9.53 Å². The second kappa shape index (κ2) is 5.01. The zero-order valence-electron chi connectivity index (χ0n) is 9.82. The molecule has 0 radical (unpaired) electrons. The molecule has 0 rings (SSSR count). The van der Waals surface area contributed by atoms with Gasteiger partial charge in [0.2, 0.25) is 0 Å². The van der Waals surface area contributed by atoms with Gasteiger partial charge in [0.1, 0.15) is 5.60 Å². The van der Waals surface area contributed by atoms with Crippen LogP contribution in [0.25, 0.3) is 0 Å². The summed E-state index contributed by atoms with van der Waals surface area (Å²) in [6, 6.07) is 0. The largest absolute Gasteiger partial charge is 0.459 e. The Morgan fingerprint density at radius 1 is 1.29 bits per heavy atom. The lowest BCUT2D eigenvalue weighted by Gasteiger charge is -2.29. The van der Waals surface area contributed by atoms with Gasteiger partial charge in [0.25, 0.3) is 0 Å². The van der Waals surface area contributed by atoms with Crippen molar-refractivity contribution in [3.8, 4) is 0 Å². The van der Waals surface area contributed by atoms with Crippen LogP contribution in [0.5, 0.6) is 0 Å². The number of carbonyl (C=O) groups excluding carboxylic acids is 1. The van der Waals surface area contributed by atoms with Gasteiger partial charge in [-0.25, -0.2) is 0 Å². The van der Waals surface area contributed by atoms with Crippen molar-refractivity contribution >= 4 is 17.6 Å². The Morgan fingerprint density at radius 3 is 2.14 bits per heavy atom. The van der Waals surface area contributed by atoms with Crippen LogP contribution in [0, 0.1) is 5.41 Å². The van der Waals surface area contributed by atoms with E-state index >= 15 is 0 Å². The molecular formula is C11H21ClO2. The molecule has 2 nitrogen and oxygen atoms in total. The Kier molecular flexibility index (Phi) is 4.93. The third-order valence-electron chi connectivity index (χ3n) is 2.50. The maximum absolute atomic E-state index is 11.7. The first-order valence-corrected chi connectivity index (χ1v) is 5.58. The summed E-state index contributed by atoms with van der Waals surface area (Å²) in [4.78, 5) is 11.7. The van der Waals surface area contributed by atoms with Gasteiger partial charge in [-0.3, -0.25) is 4.79 Å². The molecule has 0 aliphatic heterocycles. The minimum Gasteiger partial charge on any atom is -0.459 e. The summed E-state index contributed by atoms with van der Waals surface area (Å²) in [7, 11) is 0. The molecular weight excluding hydrogens is 200 g/mol. The molecule has 0 fully saturated rings. The molecule has 0 saturated heterocycles. The van der Waals surface area contributed by atoms with Crippen molar-refractivity contribution in [3.05, 3.63) is 0 Å². The lowest BCUT2D eigenvalue weighted by molar-refractivity contribution is -0.167. The van der Waals surface area contributed by atoms with Crippen molar-refractivity contribution < 1.29 is 9.53 Å². The summed E-state index contributed by atoms with van der Waals surface area (Å²) in [6.45, 7) is 9.55. The van der Waals surface area contributed by atoms with Gasteiger partial charge >= 0.3 is 5.97 Å². The van der Waals surface area contributed by atoms with E-state index in [-0.39, 0.29) is 5.97 Å². The Morgan fingerprint density at radius 2 is 1.79 bits per heavy atom. The number of alkyl halides is 1. The van der Waals surface area contributed by atoms with Crippen LogP contribution >= 0.6 is 11.6 Å². The fraction of sp³-hybridized carbons (Fsp3) is 0.909. The zero-order valence-corrected chi connectivity index (χ0v) is 10.6. The summed E-state index contributed by atoms with van der Waals surface area (Å²) in [5.41, 5.74) is -0.852. The van der Waals surface area contributed by atoms with E-state index in [4.69, 9.17) is 16.3 Å². The van der Waals surface area contributed by atoms with Gasteiger partial charge in [0, 0.05) is 12.3 Å². The van der Waals surface area contributed by atoms with E-state index in [1.807, 2.05) is 34.6 Å². The molecule has 14 heavy (non-hydrogen) atoms. The molecule has 0 saturated carbocycles. The molecule has 0 aliphatic carbocycles. The fourth-order valence-electron chi connectivity index (χ4n) is 0.812. The molecule has 0 aromatic heterocycles. The smallest absolute Gasteiger partial charge is 0.312 e. The van der Waals surface area contributed by atoms with Crippen LogP contribution in [0.2, 0.25) is 0 Å². The Hall–Kier alpha value is -0.240. The zero-order chi connectivity index (χ0) is 11.4. The number of halogens is 1. The second-order valence-corrected chi connectivity index (χ2v) is 5.20. The molecule has 0 aromatic carbocycles. The van der Waals surface area contributed by atoms with Gasteiger partial charge in [0.15, 0.2) is 0 Å². The standard InChI is InChI=1S/C11H21ClO2/c1-6-10(2,3)9(13)14-11(4,5)7-8-12/h6-8H2,1-5H3. The minimum atomic E-state index is -0.453. The molecule has 0 spiro atoms. The number of carbonyl (C=O) groups is 1. The molecule has 0 aliphatic rings. The van der Waals surface area contributed by atoms with Gasteiger partial charge in [-0.1, -0.05) is 6.92 Å². The van der Waals surface area contributed by atoms with Crippen molar-refractivity contribution in [2.24, 2.45) is 5.41 Å². The predicted molar refractivity (Wildman–Crippen MR) is 59.6 cm³/mol. The van der Waals surface area contributed by atoms with Crippen LogP contribution < -0.4 is 0 Å². The predicted octanol–water partition coefficient (Wildman–Crippen LogP) is 3.37. The molecule has 3 heteroatoms. The molecule has 0 N–H and O–H groups in total. The van der Waals surface area contributed by atoms with Gasteiger partial charge in [-0.05, 0) is 34.1 Å². The van der Waals surface area contributed by atoms with E-state index in [0.29, 0.717) is 12.3 Å². The van der Waals surface area contributed by atoms with E-state index in [1.165, 1.54) is 0 Å². The highest BCUT2D eigenvalue weighted by Crippen LogP contribution is 2.26. The summed E-state index contributed by atoms with van der Waals surface area (Å²) in [5.74, 6) is 0.363. The van der Waals surface area contributed by atoms with Crippen LogP contribution in [0.4, 0.5) is 0 Å². The molecule has 0 heterocycles. The first-order valence-electron chi connectivity index (χ1n) is 5.04. The molecule has 0 atom stereocenters. The lowest BCUT2D eigenvalue weighted by atomic mass is 9.90.